The lowest BCUT2D eigenvalue weighted by molar-refractivity contribution is 0.417. The first-order chi connectivity index (χ1) is 12.3. The highest BCUT2D eigenvalue weighted by molar-refractivity contribution is 6.32. The molecule has 0 bridgehead atoms. The van der Waals surface area contributed by atoms with Gasteiger partial charge in [0.05, 0.1) is 18.5 Å². The van der Waals surface area contributed by atoms with E-state index in [2.05, 4.69) is 20.3 Å². The molecule has 0 aliphatic carbocycles. The van der Waals surface area contributed by atoms with Crippen molar-refractivity contribution in [1.82, 2.24) is 19.4 Å². The number of fused-ring (bicyclic) bond motifs is 1. The van der Waals surface area contributed by atoms with E-state index in [-0.39, 0.29) is 0 Å². The van der Waals surface area contributed by atoms with Crippen molar-refractivity contribution in [3.63, 3.8) is 0 Å². The molecule has 25 heavy (non-hydrogen) atoms. The standard InChI is InChI=1S/C18H14ClN5O/c1-25-14-7-3-2-6-12(14)21-18-20-10-9-13(22-18)16-17(19)23-15-8-4-5-11-24(15)16/h2-11H,1H3,(H,20,21,22). The second kappa shape index (κ2) is 6.41. The minimum absolute atomic E-state index is 0.396. The Kier molecular flexibility index (Phi) is 3.95. The maximum atomic E-state index is 6.33. The molecule has 0 saturated heterocycles. The van der Waals surface area contributed by atoms with Crippen LogP contribution in [-0.4, -0.2) is 26.5 Å². The van der Waals surface area contributed by atoms with E-state index in [9.17, 15) is 0 Å². The zero-order chi connectivity index (χ0) is 17.2. The first-order valence-corrected chi connectivity index (χ1v) is 8.00. The first kappa shape index (κ1) is 15.4. The average Bonchev–Trinajstić information content (AvgIpc) is 2.98. The molecule has 0 spiro atoms. The summed E-state index contributed by atoms with van der Waals surface area (Å²) >= 11 is 6.33. The van der Waals surface area contributed by atoms with Crippen molar-refractivity contribution < 1.29 is 4.74 Å². The van der Waals surface area contributed by atoms with Gasteiger partial charge in [0.1, 0.15) is 17.1 Å². The smallest absolute Gasteiger partial charge is 0.227 e. The zero-order valence-electron chi connectivity index (χ0n) is 13.3. The first-order valence-electron chi connectivity index (χ1n) is 7.62. The Labute approximate surface area is 149 Å². The van der Waals surface area contributed by atoms with Gasteiger partial charge in [-0.25, -0.2) is 15.0 Å². The van der Waals surface area contributed by atoms with E-state index in [1.54, 1.807) is 19.4 Å². The molecule has 3 heterocycles. The van der Waals surface area contributed by atoms with Gasteiger partial charge in [-0.1, -0.05) is 29.8 Å². The largest absolute Gasteiger partial charge is 0.495 e. The summed E-state index contributed by atoms with van der Waals surface area (Å²) < 4.78 is 7.24. The number of aromatic nitrogens is 4. The third-order valence-corrected chi connectivity index (χ3v) is 4.00. The number of nitrogens with one attached hydrogen (secondary N) is 1. The van der Waals surface area contributed by atoms with Crippen LogP contribution in [0.1, 0.15) is 0 Å². The molecular formula is C18H14ClN5O. The van der Waals surface area contributed by atoms with Crippen LogP contribution in [0.15, 0.2) is 60.9 Å². The highest BCUT2D eigenvalue weighted by Crippen LogP contribution is 2.29. The van der Waals surface area contributed by atoms with E-state index in [4.69, 9.17) is 16.3 Å². The lowest BCUT2D eigenvalue weighted by atomic mass is 10.3. The van der Waals surface area contributed by atoms with Crippen LogP contribution >= 0.6 is 11.6 Å². The summed E-state index contributed by atoms with van der Waals surface area (Å²) in [6.45, 7) is 0. The predicted octanol–water partition coefficient (Wildman–Crippen LogP) is 4.20. The summed E-state index contributed by atoms with van der Waals surface area (Å²) in [7, 11) is 1.62. The fraction of sp³-hybridized carbons (Fsp3) is 0.0556. The average molecular weight is 352 g/mol. The van der Waals surface area contributed by atoms with E-state index >= 15 is 0 Å². The maximum absolute atomic E-state index is 6.33. The molecular weight excluding hydrogens is 338 g/mol. The number of rotatable bonds is 4. The lowest BCUT2D eigenvalue weighted by Crippen LogP contribution is -2.00. The van der Waals surface area contributed by atoms with Crippen LogP contribution in [0, 0.1) is 0 Å². The summed E-state index contributed by atoms with van der Waals surface area (Å²) in [5.74, 6) is 1.16. The quantitative estimate of drug-likeness (QED) is 0.597. The van der Waals surface area contributed by atoms with E-state index in [0.717, 1.165) is 17.0 Å². The van der Waals surface area contributed by atoms with E-state index in [1.165, 1.54) is 0 Å². The molecule has 1 N–H and O–H groups in total. The monoisotopic (exact) mass is 351 g/mol. The number of methoxy groups -OCH3 is 1. The van der Waals surface area contributed by atoms with E-state index in [0.29, 0.717) is 22.5 Å². The number of imidazole rings is 1. The Hall–Kier alpha value is -3.12. The van der Waals surface area contributed by atoms with Crippen molar-refractivity contribution in [2.45, 2.75) is 0 Å². The zero-order valence-corrected chi connectivity index (χ0v) is 14.1. The van der Waals surface area contributed by atoms with Gasteiger partial charge in [-0.2, -0.15) is 0 Å². The van der Waals surface area contributed by atoms with Gasteiger partial charge < -0.3 is 10.1 Å². The van der Waals surface area contributed by atoms with Gasteiger partial charge >= 0.3 is 0 Å². The molecule has 4 rings (SSSR count). The summed E-state index contributed by atoms with van der Waals surface area (Å²) in [4.78, 5) is 13.2. The highest BCUT2D eigenvalue weighted by atomic mass is 35.5. The van der Waals surface area contributed by atoms with Gasteiger partial charge in [-0.05, 0) is 30.3 Å². The third kappa shape index (κ3) is 2.88. The van der Waals surface area contributed by atoms with Gasteiger partial charge in [-0.3, -0.25) is 4.40 Å². The Balaban J connectivity index is 1.76. The number of pyridine rings is 1. The Morgan fingerprint density at radius 1 is 1.04 bits per heavy atom. The molecule has 0 unspecified atom stereocenters. The third-order valence-electron chi connectivity index (χ3n) is 3.74. The van der Waals surface area contributed by atoms with Crippen LogP contribution in [-0.2, 0) is 0 Å². The lowest BCUT2D eigenvalue weighted by Gasteiger charge is -2.10. The minimum atomic E-state index is 0.396. The molecule has 124 valence electrons. The number of para-hydroxylation sites is 2. The molecule has 0 aliphatic heterocycles. The molecule has 1 aromatic carbocycles. The fourth-order valence-electron chi connectivity index (χ4n) is 2.62. The van der Waals surface area contributed by atoms with Crippen molar-refractivity contribution in [1.29, 1.82) is 0 Å². The Morgan fingerprint density at radius 2 is 1.88 bits per heavy atom. The van der Waals surface area contributed by atoms with Crippen molar-refractivity contribution in [3.05, 3.63) is 66.1 Å². The Morgan fingerprint density at radius 3 is 2.76 bits per heavy atom. The number of anilines is 2. The van der Waals surface area contributed by atoms with Crippen molar-refractivity contribution in [3.8, 4) is 17.1 Å². The van der Waals surface area contributed by atoms with Crippen LogP contribution in [0.25, 0.3) is 17.0 Å². The molecule has 6 nitrogen and oxygen atoms in total. The van der Waals surface area contributed by atoms with Gasteiger partial charge in [-0.15, -0.1) is 0 Å². The molecule has 3 aromatic heterocycles. The summed E-state index contributed by atoms with van der Waals surface area (Å²) in [5, 5.41) is 3.57. The summed E-state index contributed by atoms with van der Waals surface area (Å²) in [5.41, 5.74) is 2.95. The molecule has 0 fully saturated rings. The molecule has 0 saturated carbocycles. The topological polar surface area (TPSA) is 64.3 Å². The predicted molar refractivity (Wildman–Crippen MR) is 97.5 cm³/mol. The van der Waals surface area contributed by atoms with E-state index in [1.807, 2.05) is 53.1 Å². The SMILES string of the molecule is COc1ccccc1Nc1nccc(-c2c(Cl)nc3ccccn23)n1. The van der Waals surface area contributed by atoms with Crippen LogP contribution in [0.2, 0.25) is 5.15 Å². The Bertz CT molecular complexity index is 1050. The number of benzene rings is 1. The molecule has 0 atom stereocenters. The number of hydrogen-bond acceptors (Lipinski definition) is 5. The number of ether oxygens (including phenoxy) is 1. The molecule has 4 aromatic rings. The van der Waals surface area contributed by atoms with Gasteiger partial charge in [0.2, 0.25) is 5.95 Å². The number of hydrogen-bond donors (Lipinski definition) is 1. The van der Waals surface area contributed by atoms with Crippen molar-refractivity contribution in [2.75, 3.05) is 12.4 Å². The maximum Gasteiger partial charge on any atom is 0.227 e. The van der Waals surface area contributed by atoms with Crippen molar-refractivity contribution >= 4 is 28.9 Å². The molecule has 0 amide bonds. The molecule has 7 heteroatoms. The van der Waals surface area contributed by atoms with Crippen LogP contribution in [0.5, 0.6) is 5.75 Å². The second-order valence-corrected chi connectivity index (χ2v) is 5.63. The summed E-state index contributed by atoms with van der Waals surface area (Å²) in [6, 6.07) is 15.1. The number of nitrogens with zero attached hydrogens (tertiary/aromatic N) is 4. The van der Waals surface area contributed by atoms with Crippen LogP contribution in [0.4, 0.5) is 11.6 Å². The van der Waals surface area contributed by atoms with Crippen molar-refractivity contribution in [2.24, 2.45) is 0 Å². The van der Waals surface area contributed by atoms with E-state index < -0.39 is 0 Å². The van der Waals surface area contributed by atoms with Gasteiger partial charge in [0.25, 0.3) is 0 Å². The normalized spacial score (nSPS) is 10.8. The minimum Gasteiger partial charge on any atom is -0.495 e. The van der Waals surface area contributed by atoms with Crippen LogP contribution in [0.3, 0.4) is 0 Å². The second-order valence-electron chi connectivity index (χ2n) is 5.27. The molecule has 0 radical (unpaired) electrons. The molecule has 0 aliphatic rings. The number of halogens is 1. The van der Waals surface area contributed by atoms with Gasteiger partial charge in [0.15, 0.2) is 5.15 Å². The van der Waals surface area contributed by atoms with Gasteiger partial charge in [0, 0.05) is 12.4 Å². The summed E-state index contributed by atoms with van der Waals surface area (Å²) in [6.07, 6.45) is 3.58. The van der Waals surface area contributed by atoms with Crippen LogP contribution < -0.4 is 10.1 Å². The fourth-order valence-corrected chi connectivity index (χ4v) is 2.89. The highest BCUT2D eigenvalue weighted by Gasteiger charge is 2.14.